The first-order chi connectivity index (χ1) is 16.2. The van der Waals surface area contributed by atoms with Gasteiger partial charge in [0.1, 0.15) is 18.1 Å². The minimum absolute atomic E-state index is 0.207. The van der Waals surface area contributed by atoms with Crippen LogP contribution in [0.5, 0.6) is 0 Å². The Morgan fingerprint density at radius 1 is 0.941 bits per heavy atom. The number of carbonyl (C=O) groups excluding carboxylic acids is 3. The molecule has 4 atom stereocenters. The average Bonchev–Trinajstić information content (AvgIpc) is 2.81. The molecule has 0 saturated carbocycles. The van der Waals surface area contributed by atoms with Crippen LogP contribution in [0.1, 0.15) is 38.2 Å². The van der Waals surface area contributed by atoms with E-state index < -0.39 is 47.9 Å². The van der Waals surface area contributed by atoms with E-state index in [1.165, 1.54) is 6.92 Å². The number of thioether (sulfide) groups is 1. The van der Waals surface area contributed by atoms with Crippen molar-refractivity contribution in [2.75, 3.05) is 18.6 Å². The molecule has 0 heterocycles. The Bertz CT molecular complexity index is 795. The van der Waals surface area contributed by atoms with Gasteiger partial charge in [0.2, 0.25) is 17.7 Å². The predicted octanol–water partition coefficient (Wildman–Crippen LogP) is -0.00260. The van der Waals surface area contributed by atoms with E-state index in [1.54, 1.807) is 11.8 Å². The van der Waals surface area contributed by atoms with E-state index >= 15 is 0 Å². The summed E-state index contributed by atoms with van der Waals surface area (Å²) in [5.74, 6) is -2.09. The predicted molar refractivity (Wildman–Crippen MR) is 133 cm³/mol. The summed E-state index contributed by atoms with van der Waals surface area (Å²) in [4.78, 5) is 49.5. The minimum atomic E-state index is -1.16. The smallest absolute Gasteiger partial charge is 0.326 e. The van der Waals surface area contributed by atoms with E-state index in [1.807, 2.05) is 36.6 Å². The molecule has 3 amide bonds. The Labute approximate surface area is 205 Å². The van der Waals surface area contributed by atoms with Gasteiger partial charge in [-0.1, -0.05) is 30.3 Å². The van der Waals surface area contributed by atoms with E-state index in [2.05, 4.69) is 16.0 Å². The summed E-state index contributed by atoms with van der Waals surface area (Å²) in [5, 5.41) is 17.1. The first-order valence-corrected chi connectivity index (χ1v) is 12.7. The average molecular weight is 496 g/mol. The molecule has 11 heteroatoms. The Balaban J connectivity index is 2.83. The Morgan fingerprint density at radius 3 is 2.18 bits per heavy atom. The molecule has 8 N–H and O–H groups in total. The van der Waals surface area contributed by atoms with Gasteiger partial charge < -0.3 is 32.5 Å². The lowest BCUT2D eigenvalue weighted by molar-refractivity contribution is -0.142. The highest BCUT2D eigenvalue weighted by Gasteiger charge is 2.28. The molecule has 0 aromatic heterocycles. The fraction of sp³-hybridized carbons (Fsp3) is 0.565. The Hall–Kier alpha value is -2.63. The number of amides is 3. The summed E-state index contributed by atoms with van der Waals surface area (Å²) in [6, 6.07) is 5.34. The van der Waals surface area contributed by atoms with Gasteiger partial charge in [-0.05, 0) is 56.7 Å². The molecule has 0 fully saturated rings. The van der Waals surface area contributed by atoms with Crippen LogP contribution in [0.3, 0.4) is 0 Å². The quantitative estimate of drug-likeness (QED) is 0.174. The highest BCUT2D eigenvalue weighted by Crippen LogP contribution is 2.06. The number of nitrogens with two attached hydrogens (primary N) is 2. The lowest BCUT2D eigenvalue weighted by atomic mass is 10.0. The molecule has 0 spiro atoms. The van der Waals surface area contributed by atoms with Gasteiger partial charge in [-0.3, -0.25) is 14.4 Å². The van der Waals surface area contributed by atoms with Crippen molar-refractivity contribution in [1.29, 1.82) is 0 Å². The van der Waals surface area contributed by atoms with Crippen LogP contribution in [0.4, 0.5) is 0 Å². The zero-order valence-electron chi connectivity index (χ0n) is 19.8. The highest BCUT2D eigenvalue weighted by molar-refractivity contribution is 7.98. The molecule has 34 heavy (non-hydrogen) atoms. The number of unbranched alkanes of at least 4 members (excludes halogenated alkanes) is 1. The van der Waals surface area contributed by atoms with Crippen molar-refractivity contribution in [2.45, 2.75) is 63.2 Å². The van der Waals surface area contributed by atoms with Gasteiger partial charge in [-0.25, -0.2) is 4.79 Å². The van der Waals surface area contributed by atoms with Gasteiger partial charge in [0.15, 0.2) is 0 Å². The number of hydrogen-bond acceptors (Lipinski definition) is 7. The first-order valence-electron chi connectivity index (χ1n) is 11.3. The number of benzene rings is 1. The van der Waals surface area contributed by atoms with Crippen LogP contribution in [0.25, 0.3) is 0 Å². The summed E-state index contributed by atoms with van der Waals surface area (Å²) >= 11 is 1.57. The Morgan fingerprint density at radius 2 is 1.59 bits per heavy atom. The maximum absolute atomic E-state index is 13.0. The van der Waals surface area contributed by atoms with Crippen molar-refractivity contribution in [1.82, 2.24) is 16.0 Å². The van der Waals surface area contributed by atoms with Crippen LogP contribution in [-0.4, -0.2) is 71.5 Å². The summed E-state index contributed by atoms with van der Waals surface area (Å²) in [6.07, 6.45) is 4.02. The fourth-order valence-corrected chi connectivity index (χ4v) is 3.63. The molecule has 0 bridgehead atoms. The number of carboxylic acids is 1. The van der Waals surface area contributed by atoms with Crippen molar-refractivity contribution in [3.63, 3.8) is 0 Å². The zero-order chi connectivity index (χ0) is 25.5. The largest absolute Gasteiger partial charge is 0.480 e. The second kappa shape index (κ2) is 16.1. The molecule has 190 valence electrons. The van der Waals surface area contributed by atoms with Crippen molar-refractivity contribution in [3.05, 3.63) is 35.9 Å². The summed E-state index contributed by atoms with van der Waals surface area (Å²) in [6.45, 7) is 1.89. The molecule has 0 aliphatic heterocycles. The monoisotopic (exact) mass is 495 g/mol. The van der Waals surface area contributed by atoms with Gasteiger partial charge >= 0.3 is 5.97 Å². The lowest BCUT2D eigenvalue weighted by Crippen LogP contribution is -2.56. The van der Waals surface area contributed by atoms with E-state index in [0.717, 1.165) is 5.56 Å². The standard InChI is InChI=1S/C23H37N5O5S/c1-15(20(29)27-18(23(32)33)10-6-7-12-24)26-22(31)19(14-16-8-4-3-5-9-16)28-21(30)17(25)11-13-34-2/h3-5,8-9,15,17-19H,6-7,10-14,24-25H2,1-2H3,(H,26,31)(H,27,29)(H,28,30)(H,32,33). The number of nitrogens with one attached hydrogen (secondary N) is 3. The topological polar surface area (TPSA) is 177 Å². The number of carbonyl (C=O) groups is 4. The van der Waals surface area contributed by atoms with Crippen molar-refractivity contribution in [2.24, 2.45) is 11.5 Å². The molecule has 0 aliphatic rings. The second-order valence-electron chi connectivity index (χ2n) is 8.05. The molecule has 1 aromatic rings. The van der Waals surface area contributed by atoms with Crippen LogP contribution in [0.15, 0.2) is 30.3 Å². The second-order valence-corrected chi connectivity index (χ2v) is 9.04. The van der Waals surface area contributed by atoms with Crippen molar-refractivity contribution < 1.29 is 24.3 Å². The van der Waals surface area contributed by atoms with E-state index in [4.69, 9.17) is 11.5 Å². The highest BCUT2D eigenvalue weighted by atomic mass is 32.2. The fourth-order valence-electron chi connectivity index (χ4n) is 3.14. The maximum Gasteiger partial charge on any atom is 0.326 e. The third-order valence-corrected chi connectivity index (χ3v) is 5.84. The van der Waals surface area contributed by atoms with Gasteiger partial charge in [0.25, 0.3) is 0 Å². The van der Waals surface area contributed by atoms with E-state index in [0.29, 0.717) is 31.6 Å². The molecule has 0 saturated heterocycles. The third kappa shape index (κ3) is 11.0. The number of carboxylic acid groups (broad SMARTS) is 1. The molecule has 4 unspecified atom stereocenters. The molecule has 0 radical (unpaired) electrons. The normalized spacial score (nSPS) is 14.4. The van der Waals surface area contributed by atoms with Crippen LogP contribution in [0, 0.1) is 0 Å². The molecule has 1 aromatic carbocycles. The number of aliphatic carboxylic acids is 1. The van der Waals surface area contributed by atoms with Crippen LogP contribution in [0.2, 0.25) is 0 Å². The molecular formula is C23H37N5O5S. The van der Waals surface area contributed by atoms with Gasteiger partial charge in [-0.15, -0.1) is 0 Å². The minimum Gasteiger partial charge on any atom is -0.480 e. The van der Waals surface area contributed by atoms with Crippen LogP contribution < -0.4 is 27.4 Å². The summed E-state index contributed by atoms with van der Waals surface area (Å²) in [7, 11) is 0. The van der Waals surface area contributed by atoms with Crippen molar-refractivity contribution >= 4 is 35.5 Å². The third-order valence-electron chi connectivity index (χ3n) is 5.20. The van der Waals surface area contributed by atoms with E-state index in [9.17, 15) is 24.3 Å². The van der Waals surface area contributed by atoms with Gasteiger partial charge in [-0.2, -0.15) is 11.8 Å². The molecule has 10 nitrogen and oxygen atoms in total. The van der Waals surface area contributed by atoms with Gasteiger partial charge in [0, 0.05) is 6.42 Å². The SMILES string of the molecule is CSCCC(N)C(=O)NC(Cc1ccccc1)C(=O)NC(C)C(=O)NC(CCCCN)C(=O)O. The lowest BCUT2D eigenvalue weighted by Gasteiger charge is -2.23. The molecule has 1 rings (SSSR count). The zero-order valence-corrected chi connectivity index (χ0v) is 20.6. The molecule has 0 aliphatic carbocycles. The van der Waals surface area contributed by atoms with E-state index in [-0.39, 0.29) is 12.8 Å². The van der Waals surface area contributed by atoms with Crippen molar-refractivity contribution in [3.8, 4) is 0 Å². The number of hydrogen-bond donors (Lipinski definition) is 6. The summed E-state index contributed by atoms with van der Waals surface area (Å²) in [5.41, 5.74) is 12.2. The summed E-state index contributed by atoms with van der Waals surface area (Å²) < 4.78 is 0. The number of rotatable bonds is 16. The Kier molecular flexibility index (Phi) is 13.9. The maximum atomic E-state index is 13.0. The van der Waals surface area contributed by atoms with Gasteiger partial charge in [0.05, 0.1) is 6.04 Å². The van der Waals surface area contributed by atoms with Crippen LogP contribution >= 0.6 is 11.8 Å². The van der Waals surface area contributed by atoms with Crippen LogP contribution in [-0.2, 0) is 25.6 Å². The first kappa shape index (κ1) is 29.4. The molecular weight excluding hydrogens is 458 g/mol.